The highest BCUT2D eigenvalue weighted by atomic mass is 16.3. The molecule has 1 fully saturated rings. The van der Waals surface area contributed by atoms with E-state index in [1.165, 1.54) is 6.42 Å². The lowest BCUT2D eigenvalue weighted by Gasteiger charge is -2.23. The normalized spacial score (nSPS) is 21.1. The summed E-state index contributed by atoms with van der Waals surface area (Å²) in [7, 11) is 0. The van der Waals surface area contributed by atoms with Crippen molar-refractivity contribution in [3.05, 3.63) is 0 Å². The van der Waals surface area contributed by atoms with E-state index < -0.39 is 0 Å². The number of amides is 2. The second-order valence-electron chi connectivity index (χ2n) is 6.68. The molecule has 1 saturated heterocycles. The maximum absolute atomic E-state index is 12.0. The van der Waals surface area contributed by atoms with Gasteiger partial charge in [0.15, 0.2) is 0 Å². The summed E-state index contributed by atoms with van der Waals surface area (Å²) in [5.74, 6) is 0.739. The molecule has 19 heavy (non-hydrogen) atoms. The van der Waals surface area contributed by atoms with E-state index in [0.29, 0.717) is 6.54 Å². The molecule has 4 heteroatoms. The minimum atomic E-state index is -0.0389. The van der Waals surface area contributed by atoms with Crippen LogP contribution >= 0.6 is 0 Å². The van der Waals surface area contributed by atoms with Crippen molar-refractivity contribution in [1.29, 1.82) is 0 Å². The second kappa shape index (κ2) is 7.73. The van der Waals surface area contributed by atoms with Gasteiger partial charge in [0, 0.05) is 26.2 Å². The van der Waals surface area contributed by atoms with Crippen molar-refractivity contribution >= 4 is 6.03 Å². The summed E-state index contributed by atoms with van der Waals surface area (Å²) in [6.45, 7) is 9.03. The van der Waals surface area contributed by atoms with Crippen LogP contribution in [-0.2, 0) is 0 Å². The first-order chi connectivity index (χ1) is 8.94. The number of nitrogens with one attached hydrogen (secondary N) is 1. The Labute approximate surface area is 117 Å². The first-order valence-electron chi connectivity index (χ1n) is 7.58. The molecule has 2 amide bonds. The van der Waals surface area contributed by atoms with Gasteiger partial charge in [-0.3, -0.25) is 0 Å². The van der Waals surface area contributed by atoms with Crippen LogP contribution in [0, 0.1) is 11.3 Å². The summed E-state index contributed by atoms with van der Waals surface area (Å²) in [6, 6.07) is 0.0795. The number of likely N-dealkylation sites (tertiary alicyclic amines) is 1. The molecule has 0 aromatic heterocycles. The molecule has 2 N–H and O–H groups in total. The minimum Gasteiger partial charge on any atom is -0.396 e. The van der Waals surface area contributed by atoms with Crippen LogP contribution in [0.3, 0.4) is 0 Å². The third kappa shape index (κ3) is 6.28. The van der Waals surface area contributed by atoms with Gasteiger partial charge in [-0.15, -0.1) is 0 Å². The van der Waals surface area contributed by atoms with Gasteiger partial charge < -0.3 is 15.3 Å². The monoisotopic (exact) mass is 270 g/mol. The Balaban J connectivity index is 2.20. The standard InChI is InChI=1S/C15H30N2O2/c1-13-6-4-10-17(11-7-13)14(19)16-9-5-8-15(2,3)12-18/h13,18H,4-12H2,1-3H3,(H,16,19). The average Bonchev–Trinajstić information content (AvgIpc) is 2.59. The van der Waals surface area contributed by atoms with Crippen LogP contribution in [0.1, 0.15) is 52.9 Å². The molecule has 4 nitrogen and oxygen atoms in total. The maximum Gasteiger partial charge on any atom is 0.317 e. The molecule has 0 saturated carbocycles. The Bertz CT molecular complexity index is 279. The molecule has 1 atom stereocenters. The molecule has 1 aliphatic rings. The van der Waals surface area contributed by atoms with E-state index in [2.05, 4.69) is 12.2 Å². The average molecular weight is 270 g/mol. The van der Waals surface area contributed by atoms with E-state index in [1.54, 1.807) is 0 Å². The Kier molecular flexibility index (Phi) is 6.63. The maximum atomic E-state index is 12.0. The molecule has 0 radical (unpaired) electrons. The van der Waals surface area contributed by atoms with E-state index in [1.807, 2.05) is 18.7 Å². The highest BCUT2D eigenvalue weighted by Gasteiger charge is 2.19. The van der Waals surface area contributed by atoms with Crippen LogP contribution in [0.15, 0.2) is 0 Å². The van der Waals surface area contributed by atoms with Gasteiger partial charge in [-0.25, -0.2) is 4.79 Å². The fourth-order valence-electron chi connectivity index (χ4n) is 2.42. The van der Waals surface area contributed by atoms with E-state index in [9.17, 15) is 4.79 Å². The van der Waals surface area contributed by atoms with Crippen LogP contribution in [0.2, 0.25) is 0 Å². The molecule has 1 heterocycles. The van der Waals surface area contributed by atoms with Crippen molar-refractivity contribution in [2.45, 2.75) is 52.9 Å². The van der Waals surface area contributed by atoms with Crippen molar-refractivity contribution in [3.63, 3.8) is 0 Å². The lowest BCUT2D eigenvalue weighted by molar-refractivity contribution is 0.147. The number of carbonyl (C=O) groups excluding carboxylic acids is 1. The molecular formula is C15H30N2O2. The fourth-order valence-corrected chi connectivity index (χ4v) is 2.42. The Morgan fingerprint density at radius 3 is 2.79 bits per heavy atom. The van der Waals surface area contributed by atoms with Crippen molar-refractivity contribution < 1.29 is 9.90 Å². The third-order valence-electron chi connectivity index (χ3n) is 4.04. The summed E-state index contributed by atoms with van der Waals surface area (Å²) in [5, 5.41) is 12.2. The smallest absolute Gasteiger partial charge is 0.317 e. The van der Waals surface area contributed by atoms with Gasteiger partial charge in [0.2, 0.25) is 0 Å². The van der Waals surface area contributed by atoms with E-state index in [4.69, 9.17) is 5.11 Å². The molecule has 112 valence electrons. The van der Waals surface area contributed by atoms with Gasteiger partial charge in [0.25, 0.3) is 0 Å². The van der Waals surface area contributed by atoms with E-state index in [-0.39, 0.29) is 18.1 Å². The van der Waals surface area contributed by atoms with Crippen molar-refractivity contribution in [2.24, 2.45) is 11.3 Å². The predicted molar refractivity (Wildman–Crippen MR) is 78.1 cm³/mol. The number of hydrogen-bond acceptors (Lipinski definition) is 2. The van der Waals surface area contributed by atoms with Gasteiger partial charge >= 0.3 is 6.03 Å². The van der Waals surface area contributed by atoms with Gasteiger partial charge in [0.05, 0.1) is 0 Å². The van der Waals surface area contributed by atoms with Crippen molar-refractivity contribution in [3.8, 4) is 0 Å². The minimum absolute atomic E-state index is 0.0389. The summed E-state index contributed by atoms with van der Waals surface area (Å²) in [4.78, 5) is 14.0. The van der Waals surface area contributed by atoms with Crippen LogP contribution in [0.25, 0.3) is 0 Å². The Morgan fingerprint density at radius 1 is 1.37 bits per heavy atom. The van der Waals surface area contributed by atoms with Crippen LogP contribution in [0.4, 0.5) is 4.79 Å². The number of aliphatic hydroxyl groups excluding tert-OH is 1. The van der Waals surface area contributed by atoms with Gasteiger partial charge in [0.1, 0.15) is 0 Å². The SMILES string of the molecule is CC1CCCN(C(=O)NCCCC(C)(C)CO)CC1. The number of hydrogen-bond donors (Lipinski definition) is 2. The zero-order valence-corrected chi connectivity index (χ0v) is 12.7. The molecule has 1 rings (SSSR count). The summed E-state index contributed by atoms with van der Waals surface area (Å²) in [5.41, 5.74) is -0.0389. The zero-order valence-electron chi connectivity index (χ0n) is 12.7. The van der Waals surface area contributed by atoms with Gasteiger partial charge in [-0.2, -0.15) is 0 Å². The van der Waals surface area contributed by atoms with Crippen molar-refractivity contribution in [1.82, 2.24) is 10.2 Å². The topological polar surface area (TPSA) is 52.6 Å². The Hall–Kier alpha value is -0.770. The summed E-state index contributed by atoms with van der Waals surface area (Å²) < 4.78 is 0. The van der Waals surface area contributed by atoms with Crippen LogP contribution in [0.5, 0.6) is 0 Å². The van der Waals surface area contributed by atoms with Gasteiger partial charge in [-0.1, -0.05) is 20.8 Å². The number of aliphatic hydroxyl groups is 1. The van der Waals surface area contributed by atoms with Crippen LogP contribution < -0.4 is 5.32 Å². The lowest BCUT2D eigenvalue weighted by atomic mass is 9.89. The summed E-state index contributed by atoms with van der Waals surface area (Å²) >= 11 is 0. The molecule has 0 aromatic carbocycles. The first-order valence-corrected chi connectivity index (χ1v) is 7.58. The van der Waals surface area contributed by atoms with Crippen LogP contribution in [-0.4, -0.2) is 42.3 Å². The molecule has 1 aliphatic heterocycles. The quantitative estimate of drug-likeness (QED) is 0.755. The second-order valence-corrected chi connectivity index (χ2v) is 6.68. The molecule has 0 aromatic rings. The van der Waals surface area contributed by atoms with Gasteiger partial charge in [-0.05, 0) is 43.4 Å². The first kappa shape index (κ1) is 16.3. The summed E-state index contributed by atoms with van der Waals surface area (Å²) in [6.07, 6.45) is 5.32. The van der Waals surface area contributed by atoms with E-state index >= 15 is 0 Å². The fraction of sp³-hybridized carbons (Fsp3) is 0.933. The molecular weight excluding hydrogens is 240 g/mol. The predicted octanol–water partition coefficient (Wildman–Crippen LogP) is 2.62. The lowest BCUT2D eigenvalue weighted by Crippen LogP contribution is -2.41. The third-order valence-corrected chi connectivity index (χ3v) is 4.04. The Morgan fingerprint density at radius 2 is 2.11 bits per heavy atom. The molecule has 0 spiro atoms. The number of urea groups is 1. The van der Waals surface area contributed by atoms with Crippen molar-refractivity contribution in [2.75, 3.05) is 26.2 Å². The molecule has 0 aliphatic carbocycles. The van der Waals surface area contributed by atoms with E-state index in [0.717, 1.165) is 44.7 Å². The zero-order chi connectivity index (χ0) is 14.3. The molecule has 0 bridgehead atoms. The highest BCUT2D eigenvalue weighted by molar-refractivity contribution is 5.74. The number of nitrogens with zero attached hydrogens (tertiary/aromatic N) is 1. The highest BCUT2D eigenvalue weighted by Crippen LogP contribution is 2.20. The number of rotatable bonds is 5. The largest absolute Gasteiger partial charge is 0.396 e. The number of carbonyl (C=O) groups is 1. The molecule has 1 unspecified atom stereocenters.